The van der Waals surface area contributed by atoms with Gasteiger partial charge in [0.1, 0.15) is 0 Å². The Balaban J connectivity index is 1.79. The lowest BCUT2D eigenvalue weighted by Gasteiger charge is -2.31. The monoisotopic (exact) mass is 243 g/mol. The first-order chi connectivity index (χ1) is 7.79. The molecule has 0 aliphatic heterocycles. The van der Waals surface area contributed by atoms with Gasteiger partial charge in [-0.15, -0.1) is 0 Å². The van der Waals surface area contributed by atoms with Crippen molar-refractivity contribution in [2.75, 3.05) is 5.75 Å². The zero-order valence-corrected chi connectivity index (χ0v) is 11.2. The van der Waals surface area contributed by atoms with Crippen LogP contribution >= 0.6 is 0 Å². The molecule has 0 amide bonds. The van der Waals surface area contributed by atoms with Crippen LogP contribution in [0.25, 0.3) is 0 Å². The van der Waals surface area contributed by atoms with Crippen molar-refractivity contribution in [3.05, 3.63) is 0 Å². The van der Waals surface area contributed by atoms with Crippen molar-refractivity contribution in [3.8, 4) is 0 Å². The molecule has 0 saturated heterocycles. The molecule has 2 fully saturated rings. The van der Waals surface area contributed by atoms with Gasteiger partial charge >= 0.3 is 0 Å². The summed E-state index contributed by atoms with van der Waals surface area (Å²) < 4.78 is 11.8. The summed E-state index contributed by atoms with van der Waals surface area (Å²) in [6.07, 6.45) is 10.4. The summed E-state index contributed by atoms with van der Waals surface area (Å²) in [5.74, 6) is 0.834. The number of hydrogen-bond acceptors (Lipinski definition) is 2. The fraction of sp³-hybridized carbons (Fsp3) is 1.00. The lowest BCUT2D eigenvalue weighted by molar-refractivity contribution is 0.340. The second-order valence-electron chi connectivity index (χ2n) is 5.30. The fourth-order valence-corrected chi connectivity index (χ4v) is 4.54. The second kappa shape index (κ2) is 6.15. The van der Waals surface area contributed by atoms with Gasteiger partial charge in [0.15, 0.2) is 0 Å². The van der Waals surface area contributed by atoms with Gasteiger partial charge in [-0.25, -0.2) is 0 Å². The Labute approximate surface area is 102 Å². The van der Waals surface area contributed by atoms with Gasteiger partial charge in [0.05, 0.1) is 0 Å². The SMILES string of the molecule is CCS(=O)C1CCCC(NC2CCCC2)C1. The van der Waals surface area contributed by atoms with Crippen molar-refractivity contribution < 1.29 is 4.21 Å². The summed E-state index contributed by atoms with van der Waals surface area (Å²) in [5.41, 5.74) is 0. The maximum atomic E-state index is 11.8. The minimum atomic E-state index is -0.577. The quantitative estimate of drug-likeness (QED) is 0.822. The van der Waals surface area contributed by atoms with E-state index >= 15 is 0 Å². The molecule has 3 atom stereocenters. The van der Waals surface area contributed by atoms with E-state index in [-0.39, 0.29) is 0 Å². The van der Waals surface area contributed by atoms with Gasteiger partial charge in [0, 0.05) is 33.9 Å². The maximum absolute atomic E-state index is 11.8. The van der Waals surface area contributed by atoms with Crippen LogP contribution in [0.3, 0.4) is 0 Å². The van der Waals surface area contributed by atoms with E-state index in [9.17, 15) is 4.21 Å². The van der Waals surface area contributed by atoms with Crippen molar-refractivity contribution in [3.63, 3.8) is 0 Å². The third kappa shape index (κ3) is 3.30. The van der Waals surface area contributed by atoms with Gasteiger partial charge in [-0.05, 0) is 32.1 Å². The molecule has 16 heavy (non-hydrogen) atoms. The summed E-state index contributed by atoms with van der Waals surface area (Å²) in [6, 6.07) is 1.41. The number of hydrogen-bond donors (Lipinski definition) is 1. The molecule has 0 heterocycles. The molecule has 0 aromatic rings. The summed E-state index contributed by atoms with van der Waals surface area (Å²) in [4.78, 5) is 0. The Bertz CT molecular complexity index is 238. The number of rotatable bonds is 4. The van der Waals surface area contributed by atoms with Crippen molar-refractivity contribution in [2.24, 2.45) is 0 Å². The van der Waals surface area contributed by atoms with Gasteiger partial charge in [-0.3, -0.25) is 4.21 Å². The van der Waals surface area contributed by atoms with Crippen LogP contribution in [-0.4, -0.2) is 27.3 Å². The summed E-state index contributed by atoms with van der Waals surface area (Å²) in [5, 5.41) is 4.26. The van der Waals surface area contributed by atoms with E-state index in [1.54, 1.807) is 0 Å². The predicted molar refractivity (Wildman–Crippen MR) is 70.1 cm³/mol. The molecule has 3 heteroatoms. The molecule has 0 aromatic heterocycles. The van der Waals surface area contributed by atoms with Crippen LogP contribution < -0.4 is 5.32 Å². The van der Waals surface area contributed by atoms with Crippen LogP contribution in [0.4, 0.5) is 0 Å². The molecule has 2 rings (SSSR count). The molecule has 2 aliphatic carbocycles. The van der Waals surface area contributed by atoms with E-state index in [1.165, 1.54) is 44.9 Å². The van der Waals surface area contributed by atoms with E-state index in [0.717, 1.165) is 18.2 Å². The molecule has 2 saturated carbocycles. The summed E-state index contributed by atoms with van der Waals surface area (Å²) >= 11 is 0. The first kappa shape index (κ1) is 12.6. The molecular formula is C13H25NOS. The maximum Gasteiger partial charge on any atom is 0.0362 e. The molecule has 0 radical (unpaired) electrons. The highest BCUT2D eigenvalue weighted by atomic mass is 32.2. The van der Waals surface area contributed by atoms with Crippen molar-refractivity contribution in [1.29, 1.82) is 0 Å². The Morgan fingerprint density at radius 1 is 1.06 bits per heavy atom. The fourth-order valence-electron chi connectivity index (χ4n) is 3.20. The second-order valence-corrected chi connectivity index (χ2v) is 7.31. The largest absolute Gasteiger partial charge is 0.311 e. The van der Waals surface area contributed by atoms with Crippen LogP contribution in [0, 0.1) is 0 Å². The minimum Gasteiger partial charge on any atom is -0.311 e. The highest BCUT2D eigenvalue weighted by Gasteiger charge is 2.27. The van der Waals surface area contributed by atoms with Crippen LogP contribution in [0.1, 0.15) is 58.3 Å². The molecule has 94 valence electrons. The van der Waals surface area contributed by atoms with Gasteiger partial charge in [0.25, 0.3) is 0 Å². The smallest absolute Gasteiger partial charge is 0.0362 e. The highest BCUT2D eigenvalue weighted by molar-refractivity contribution is 7.85. The number of nitrogens with one attached hydrogen (secondary N) is 1. The van der Waals surface area contributed by atoms with Gasteiger partial charge in [-0.2, -0.15) is 0 Å². The van der Waals surface area contributed by atoms with Gasteiger partial charge in [0.2, 0.25) is 0 Å². The zero-order chi connectivity index (χ0) is 11.4. The van der Waals surface area contributed by atoms with Crippen molar-refractivity contribution in [1.82, 2.24) is 5.32 Å². The van der Waals surface area contributed by atoms with Crippen LogP contribution in [0.15, 0.2) is 0 Å². The van der Waals surface area contributed by atoms with Crippen molar-refractivity contribution in [2.45, 2.75) is 75.6 Å². The van der Waals surface area contributed by atoms with Gasteiger partial charge in [-0.1, -0.05) is 26.2 Å². The van der Waals surface area contributed by atoms with E-state index in [4.69, 9.17) is 0 Å². The normalized spacial score (nSPS) is 34.1. The molecule has 0 spiro atoms. The lowest BCUT2D eigenvalue weighted by Crippen LogP contribution is -2.42. The third-order valence-corrected chi connectivity index (χ3v) is 5.85. The topological polar surface area (TPSA) is 29.1 Å². The average Bonchev–Trinajstić information content (AvgIpc) is 2.81. The molecule has 2 aliphatic rings. The molecule has 3 unspecified atom stereocenters. The lowest BCUT2D eigenvalue weighted by atomic mass is 9.94. The Morgan fingerprint density at radius 2 is 1.75 bits per heavy atom. The summed E-state index contributed by atoms with van der Waals surface area (Å²) in [6.45, 7) is 2.05. The molecule has 0 aromatic carbocycles. The van der Waals surface area contributed by atoms with Crippen LogP contribution in [-0.2, 0) is 10.8 Å². The minimum absolute atomic E-state index is 0.470. The van der Waals surface area contributed by atoms with E-state index in [0.29, 0.717) is 11.3 Å². The molecule has 0 bridgehead atoms. The third-order valence-electron chi connectivity index (χ3n) is 4.11. The molecule has 1 N–H and O–H groups in total. The average molecular weight is 243 g/mol. The molecule has 2 nitrogen and oxygen atoms in total. The first-order valence-electron chi connectivity index (χ1n) is 6.92. The van der Waals surface area contributed by atoms with Crippen LogP contribution in [0.2, 0.25) is 0 Å². The van der Waals surface area contributed by atoms with E-state index in [2.05, 4.69) is 5.32 Å². The Kier molecular flexibility index (Phi) is 4.83. The van der Waals surface area contributed by atoms with E-state index in [1.807, 2.05) is 6.92 Å². The summed E-state index contributed by atoms with van der Waals surface area (Å²) in [7, 11) is -0.577. The first-order valence-corrected chi connectivity index (χ1v) is 8.31. The Hall–Kier alpha value is 0.110. The zero-order valence-electron chi connectivity index (χ0n) is 10.4. The highest BCUT2D eigenvalue weighted by Crippen LogP contribution is 2.25. The van der Waals surface area contributed by atoms with E-state index < -0.39 is 10.8 Å². The van der Waals surface area contributed by atoms with Crippen LogP contribution in [0.5, 0.6) is 0 Å². The van der Waals surface area contributed by atoms with Crippen molar-refractivity contribution >= 4 is 10.8 Å². The predicted octanol–water partition coefficient (Wildman–Crippen LogP) is 2.60. The standard InChI is InChI=1S/C13H25NOS/c1-2-16(15)13-9-5-8-12(10-13)14-11-6-3-4-7-11/h11-14H,2-10H2,1H3. The van der Waals surface area contributed by atoms with Gasteiger partial charge < -0.3 is 5.32 Å². The molecular weight excluding hydrogens is 218 g/mol. The Morgan fingerprint density at radius 3 is 2.44 bits per heavy atom.